The fourth-order valence-electron chi connectivity index (χ4n) is 15.3. The summed E-state index contributed by atoms with van der Waals surface area (Å²) in [6.07, 6.45) is 4.12. The molecule has 6 aromatic rings. The lowest BCUT2D eigenvalue weighted by atomic mass is 9.84. The summed E-state index contributed by atoms with van der Waals surface area (Å²) < 4.78 is 11.1. The van der Waals surface area contributed by atoms with Crippen molar-refractivity contribution in [2.24, 2.45) is 5.41 Å². The van der Waals surface area contributed by atoms with E-state index in [1.54, 1.807) is 89.8 Å². The van der Waals surface area contributed by atoms with Gasteiger partial charge in [-0.3, -0.25) is 38.5 Å². The van der Waals surface area contributed by atoms with Crippen molar-refractivity contribution >= 4 is 67.3 Å². The van der Waals surface area contributed by atoms with Crippen molar-refractivity contribution in [1.29, 1.82) is 0 Å². The zero-order chi connectivity index (χ0) is 70.7. The maximum Gasteiger partial charge on any atom is 0.410 e. The summed E-state index contributed by atoms with van der Waals surface area (Å²) in [5.74, 6) is -3.70. The van der Waals surface area contributed by atoms with Gasteiger partial charge in [-0.25, -0.2) is 9.59 Å². The van der Waals surface area contributed by atoms with E-state index in [0.717, 1.165) is 71.0 Å². The van der Waals surface area contributed by atoms with Crippen LogP contribution in [0.5, 0.6) is 0 Å². The summed E-state index contributed by atoms with van der Waals surface area (Å²) in [5.41, 5.74) is 6.13. The van der Waals surface area contributed by atoms with Gasteiger partial charge in [0.15, 0.2) is 5.66 Å². The lowest BCUT2D eigenvalue weighted by Gasteiger charge is -2.43. The predicted octanol–water partition coefficient (Wildman–Crippen LogP) is 11.6. The van der Waals surface area contributed by atoms with E-state index < -0.39 is 96.6 Å². The Hall–Kier alpha value is -9.63. The van der Waals surface area contributed by atoms with Crippen LogP contribution in [0.4, 0.5) is 15.3 Å². The zero-order valence-electron chi connectivity index (χ0n) is 58.4. The first-order valence-corrected chi connectivity index (χ1v) is 38.1. The second-order valence-corrected chi connectivity index (χ2v) is 35.0. The van der Waals surface area contributed by atoms with Gasteiger partial charge in [0.1, 0.15) is 24.7 Å². The van der Waals surface area contributed by atoms with Crippen LogP contribution in [0.15, 0.2) is 146 Å². The average Bonchev–Trinajstić information content (AvgIpc) is 1.69. The molecule has 0 aromatic heterocycles. The van der Waals surface area contributed by atoms with E-state index in [2.05, 4.69) is 69.3 Å². The van der Waals surface area contributed by atoms with Crippen LogP contribution in [-0.2, 0) is 46.3 Å². The van der Waals surface area contributed by atoms with Crippen LogP contribution >= 0.6 is 0 Å². The number of carbonyl (C=O) groups excluding carboxylic acids is 9. The Kier molecular flexibility index (Phi) is 20.7. The second kappa shape index (κ2) is 29.1. The number of likely N-dealkylation sites (tertiary alicyclic amines) is 1. The summed E-state index contributed by atoms with van der Waals surface area (Å²) in [6.45, 7) is 16.7. The summed E-state index contributed by atoms with van der Waals surface area (Å²) in [7, 11) is -0.852. The van der Waals surface area contributed by atoms with E-state index in [9.17, 15) is 33.6 Å². The van der Waals surface area contributed by atoms with Crippen LogP contribution in [0.3, 0.4) is 0 Å². The molecule has 20 nitrogen and oxygen atoms in total. The second-order valence-electron chi connectivity index (χ2n) is 30.0. The molecule has 520 valence electrons. The number of alkyl carbamates (subject to hydrolysis) is 1. The Morgan fingerprint density at radius 1 is 0.657 bits per heavy atom. The van der Waals surface area contributed by atoms with Gasteiger partial charge in [-0.1, -0.05) is 143 Å². The highest BCUT2D eigenvalue weighted by atomic mass is 28.3. The monoisotopic (exact) mass is 1360 g/mol. The van der Waals surface area contributed by atoms with Crippen LogP contribution in [-0.4, -0.2) is 132 Å². The van der Waals surface area contributed by atoms with Crippen molar-refractivity contribution in [2.75, 3.05) is 31.7 Å². The molecule has 6 N–H and O–H groups in total. The smallest absolute Gasteiger partial charge is 0.410 e. The summed E-state index contributed by atoms with van der Waals surface area (Å²) in [5, 5.41) is 18.4. The number of amides is 9. The maximum atomic E-state index is 15.3. The maximum absolute atomic E-state index is 15.3. The third kappa shape index (κ3) is 15.3. The number of carbonyl (C=O) groups is 9. The molecular weight excluding hydrogens is 1270 g/mol. The van der Waals surface area contributed by atoms with Gasteiger partial charge in [0, 0.05) is 47.4 Å². The first-order chi connectivity index (χ1) is 47.1. The first-order valence-electron chi connectivity index (χ1n) is 34.7. The molecule has 0 radical (unpaired) electrons. The highest BCUT2D eigenvalue weighted by Crippen LogP contribution is 2.45. The van der Waals surface area contributed by atoms with Gasteiger partial charge in [-0.05, 0) is 171 Å². The molecule has 2 heterocycles. The van der Waals surface area contributed by atoms with Gasteiger partial charge in [-0.2, -0.15) is 0 Å². The normalized spacial score (nSPS) is 20.0. The third-order valence-corrected chi connectivity index (χ3v) is 23.0. The molecule has 0 unspecified atom stereocenters. The van der Waals surface area contributed by atoms with Crippen LogP contribution in [0.25, 0.3) is 11.1 Å². The number of fused-ring (bicyclic) bond motifs is 5. The number of nitrogens with zero attached hydrogens (tertiary/aromatic N) is 3. The van der Waals surface area contributed by atoms with Crippen LogP contribution in [0.1, 0.15) is 177 Å². The molecule has 0 bridgehead atoms. The minimum Gasteiger partial charge on any atom is -0.453 e. The number of anilines is 1. The Bertz CT molecular complexity index is 4030. The SMILES string of the molecule is COC(=O)N([C@@H](C)C(=O)N[C@H](C(=O)N1CCC[C@@]1(NC(=O)c1ccc(NC(=O)c2ccc([C@H](CC(=O)N3C[Si](C)(C)C[C@H]3C(=O)N[C@@H]3CCCc4ccccc43)NC(=O)OCC3c4ccccc4-c4ccccc43)cc2)cc1)C(=O)N[C@@H]1CCCc2ccccc21)C(C)(C)C)C(C)(C)C. The lowest BCUT2D eigenvalue weighted by molar-refractivity contribution is -0.151. The van der Waals surface area contributed by atoms with Crippen molar-refractivity contribution in [2.45, 2.75) is 179 Å². The standard InChI is InChI=1S/C78H93N9O11Si/c1-48(87(75(96)97-8)77(5,6)7)68(89)83-67(76(2,3)4)72(93)86-43-21-42-78(86,73(94)81-63-33-20-25-50-23-12-14-27-56(50)63)84-70(91)53-38-40-54(41-39-53)79-69(90)52-36-34-51(35-37-52)64(82-74(95)98-45-61-59-30-17-15-28-57(59)58-29-16-18-31-60(58)61)44-66(88)85-47-99(9,10)46-65(85)71(92)80-62-32-19-24-49-22-11-13-26-55(49)62/h11-18,22-23,26-31,34-41,48,61-65,67H,19-21,24-25,32-33,42-47H2,1-10H3,(H,79,90)(H,80,92)(H,81,94)(H,82,95)(H,83,89)(H,84,91)/t48-,62+,63+,64-,65-,67+,78-/m0/s1. The van der Waals surface area contributed by atoms with Crippen molar-refractivity contribution in [1.82, 2.24) is 41.3 Å². The molecule has 2 saturated heterocycles. The number of benzene rings is 6. The molecule has 2 fully saturated rings. The molecule has 11 rings (SSSR count). The first kappa shape index (κ1) is 70.7. The fraction of sp³-hybridized carbons (Fsp3) is 0.423. The van der Waals surface area contributed by atoms with Gasteiger partial charge in [0.2, 0.25) is 23.6 Å². The topological polar surface area (TPSA) is 254 Å². The van der Waals surface area contributed by atoms with E-state index in [-0.39, 0.29) is 60.9 Å². The summed E-state index contributed by atoms with van der Waals surface area (Å²) in [6, 6.07) is 40.9. The minimum absolute atomic E-state index is 0.0389. The Labute approximate surface area is 581 Å². The van der Waals surface area contributed by atoms with Crippen molar-refractivity contribution in [3.8, 4) is 11.1 Å². The highest BCUT2D eigenvalue weighted by Gasteiger charge is 2.55. The summed E-state index contributed by atoms with van der Waals surface area (Å²) >= 11 is 0. The van der Waals surface area contributed by atoms with Gasteiger partial charge >= 0.3 is 12.2 Å². The number of nitrogens with one attached hydrogen (secondary N) is 6. The molecule has 7 atom stereocenters. The number of rotatable bonds is 18. The number of hydrogen-bond acceptors (Lipinski definition) is 11. The van der Waals surface area contributed by atoms with Crippen LogP contribution < -0.4 is 31.9 Å². The number of aryl methyl sites for hydroxylation is 2. The van der Waals surface area contributed by atoms with E-state index in [1.807, 2.05) is 72.8 Å². The molecule has 9 amide bonds. The van der Waals surface area contributed by atoms with Crippen LogP contribution in [0.2, 0.25) is 19.1 Å². The number of ether oxygens (including phenoxy) is 2. The van der Waals surface area contributed by atoms with Crippen molar-refractivity contribution in [3.63, 3.8) is 0 Å². The Morgan fingerprint density at radius 3 is 1.78 bits per heavy atom. The minimum atomic E-state index is -2.08. The zero-order valence-corrected chi connectivity index (χ0v) is 59.4. The molecule has 21 heteroatoms. The van der Waals surface area contributed by atoms with E-state index >= 15 is 9.59 Å². The quantitative estimate of drug-likeness (QED) is 0.0441. The molecule has 6 aromatic carbocycles. The molecule has 0 saturated carbocycles. The molecular formula is C78H93N9O11Si. The van der Waals surface area contributed by atoms with Crippen molar-refractivity contribution in [3.05, 3.63) is 196 Å². The molecule has 3 aliphatic carbocycles. The summed E-state index contributed by atoms with van der Waals surface area (Å²) in [4.78, 5) is 135. The van der Waals surface area contributed by atoms with E-state index in [0.29, 0.717) is 36.3 Å². The van der Waals surface area contributed by atoms with E-state index in [1.165, 1.54) is 34.6 Å². The van der Waals surface area contributed by atoms with Crippen LogP contribution in [0, 0.1) is 5.41 Å². The van der Waals surface area contributed by atoms with Gasteiger partial charge in [0.05, 0.1) is 39.7 Å². The molecule has 99 heavy (non-hydrogen) atoms. The molecule has 0 spiro atoms. The lowest BCUT2D eigenvalue weighted by Crippen LogP contribution is -2.70. The molecule has 5 aliphatic rings. The third-order valence-electron chi connectivity index (χ3n) is 20.3. The van der Waals surface area contributed by atoms with E-state index in [4.69, 9.17) is 9.47 Å². The predicted molar refractivity (Wildman–Crippen MR) is 381 cm³/mol. The van der Waals surface area contributed by atoms with Gasteiger partial charge < -0.3 is 51.2 Å². The van der Waals surface area contributed by atoms with Crippen molar-refractivity contribution < 1.29 is 52.6 Å². The fourth-order valence-corrected chi connectivity index (χ4v) is 18.2. The molecule has 2 aliphatic heterocycles. The Morgan fingerprint density at radius 2 is 1.20 bits per heavy atom. The largest absolute Gasteiger partial charge is 0.453 e. The van der Waals surface area contributed by atoms with Gasteiger partial charge in [0.25, 0.3) is 17.7 Å². The number of hydrogen-bond donors (Lipinski definition) is 6. The average molecular weight is 1360 g/mol. The highest BCUT2D eigenvalue weighted by molar-refractivity contribution is 6.79. The van der Waals surface area contributed by atoms with Gasteiger partial charge in [-0.15, -0.1) is 0 Å². The Balaban J connectivity index is 0.809. The number of methoxy groups -OCH3 is 1.